The maximum atomic E-state index is 5.13. The van der Waals surface area contributed by atoms with Gasteiger partial charge in [0.25, 0.3) is 0 Å². The number of methoxy groups -OCH3 is 1. The van der Waals surface area contributed by atoms with E-state index in [9.17, 15) is 0 Å². The van der Waals surface area contributed by atoms with Gasteiger partial charge in [-0.15, -0.1) is 11.3 Å². The van der Waals surface area contributed by atoms with Crippen molar-refractivity contribution in [3.8, 4) is 11.3 Å². The van der Waals surface area contributed by atoms with Crippen LogP contribution in [0.3, 0.4) is 0 Å². The van der Waals surface area contributed by atoms with E-state index in [1.54, 1.807) is 18.4 Å². The predicted octanol–water partition coefficient (Wildman–Crippen LogP) is 2.98. The standard InChI is InChI=1S/C15H20N2OS/c1-16-13(8-9-18-2)10-15-17-14(11-19-15)12-6-4-3-5-7-12/h3-7,11,13,16H,8-10H2,1-2H3. The summed E-state index contributed by atoms with van der Waals surface area (Å²) < 4.78 is 5.13. The fourth-order valence-electron chi connectivity index (χ4n) is 1.97. The largest absolute Gasteiger partial charge is 0.385 e. The Morgan fingerprint density at radius 2 is 2.11 bits per heavy atom. The van der Waals surface area contributed by atoms with Crippen LogP contribution in [-0.4, -0.2) is 31.8 Å². The first-order valence-electron chi connectivity index (χ1n) is 6.49. The van der Waals surface area contributed by atoms with Gasteiger partial charge in [0.15, 0.2) is 0 Å². The fourth-order valence-corrected chi connectivity index (χ4v) is 2.85. The number of hydrogen-bond donors (Lipinski definition) is 1. The van der Waals surface area contributed by atoms with Crippen LogP contribution < -0.4 is 5.32 Å². The molecule has 0 amide bonds. The van der Waals surface area contributed by atoms with Crippen molar-refractivity contribution < 1.29 is 4.74 Å². The Morgan fingerprint density at radius 1 is 1.32 bits per heavy atom. The van der Waals surface area contributed by atoms with E-state index in [0.717, 1.165) is 25.1 Å². The summed E-state index contributed by atoms with van der Waals surface area (Å²) in [5, 5.41) is 6.63. The minimum atomic E-state index is 0.426. The molecule has 0 aliphatic rings. The molecular formula is C15H20N2OS. The highest BCUT2D eigenvalue weighted by molar-refractivity contribution is 7.09. The van der Waals surface area contributed by atoms with Crippen molar-refractivity contribution in [1.29, 1.82) is 0 Å². The molecule has 2 rings (SSSR count). The number of aromatic nitrogens is 1. The molecule has 0 aliphatic carbocycles. The van der Waals surface area contributed by atoms with Gasteiger partial charge in [-0.1, -0.05) is 30.3 Å². The van der Waals surface area contributed by atoms with Crippen LogP contribution in [0.25, 0.3) is 11.3 Å². The summed E-state index contributed by atoms with van der Waals surface area (Å²) >= 11 is 1.73. The number of ether oxygens (including phenoxy) is 1. The fraction of sp³-hybridized carbons (Fsp3) is 0.400. The Morgan fingerprint density at radius 3 is 2.79 bits per heavy atom. The van der Waals surface area contributed by atoms with Gasteiger partial charge in [-0.2, -0.15) is 0 Å². The molecule has 4 heteroatoms. The molecule has 1 unspecified atom stereocenters. The van der Waals surface area contributed by atoms with Crippen molar-refractivity contribution in [2.45, 2.75) is 18.9 Å². The molecule has 102 valence electrons. The molecule has 0 aliphatic heterocycles. The van der Waals surface area contributed by atoms with Crippen LogP contribution in [0.1, 0.15) is 11.4 Å². The van der Waals surface area contributed by atoms with Crippen LogP contribution in [0.5, 0.6) is 0 Å². The third-order valence-electron chi connectivity index (χ3n) is 3.12. The quantitative estimate of drug-likeness (QED) is 0.844. The molecule has 1 aromatic carbocycles. The highest BCUT2D eigenvalue weighted by atomic mass is 32.1. The summed E-state index contributed by atoms with van der Waals surface area (Å²) in [4.78, 5) is 4.71. The Kier molecular flexibility index (Phi) is 5.51. The van der Waals surface area contributed by atoms with Gasteiger partial charge >= 0.3 is 0 Å². The van der Waals surface area contributed by atoms with Crippen LogP contribution in [-0.2, 0) is 11.2 Å². The van der Waals surface area contributed by atoms with Crippen LogP contribution in [0.2, 0.25) is 0 Å². The molecule has 19 heavy (non-hydrogen) atoms. The number of thiazole rings is 1. The molecule has 1 N–H and O–H groups in total. The maximum Gasteiger partial charge on any atom is 0.0948 e. The Balaban J connectivity index is 2.01. The normalized spacial score (nSPS) is 12.5. The highest BCUT2D eigenvalue weighted by Gasteiger charge is 2.11. The lowest BCUT2D eigenvalue weighted by Crippen LogP contribution is -2.28. The number of likely N-dealkylation sites (N-methyl/N-ethyl adjacent to an activating group) is 1. The highest BCUT2D eigenvalue weighted by Crippen LogP contribution is 2.22. The average Bonchev–Trinajstić information content (AvgIpc) is 2.93. The summed E-state index contributed by atoms with van der Waals surface area (Å²) in [5.74, 6) is 0. The second-order valence-corrected chi connectivity index (χ2v) is 5.41. The first-order valence-corrected chi connectivity index (χ1v) is 7.37. The van der Waals surface area contributed by atoms with Gasteiger partial charge in [-0.3, -0.25) is 0 Å². The van der Waals surface area contributed by atoms with Crippen molar-refractivity contribution in [2.24, 2.45) is 0 Å². The summed E-state index contributed by atoms with van der Waals surface area (Å²) in [6.07, 6.45) is 1.96. The first kappa shape index (κ1) is 14.2. The van der Waals surface area contributed by atoms with E-state index in [1.807, 2.05) is 25.2 Å². The lowest BCUT2D eigenvalue weighted by atomic mass is 10.1. The van der Waals surface area contributed by atoms with Gasteiger partial charge < -0.3 is 10.1 Å². The molecule has 2 aromatic rings. The van der Waals surface area contributed by atoms with Crippen LogP contribution in [0.15, 0.2) is 35.7 Å². The molecule has 0 radical (unpaired) electrons. The van der Waals surface area contributed by atoms with E-state index in [4.69, 9.17) is 9.72 Å². The number of nitrogens with one attached hydrogen (secondary N) is 1. The van der Waals surface area contributed by atoms with Gasteiger partial charge in [0, 0.05) is 37.1 Å². The molecule has 0 saturated carbocycles. The molecule has 0 spiro atoms. The SMILES string of the molecule is CNC(CCOC)Cc1nc(-c2ccccc2)cs1. The predicted molar refractivity (Wildman–Crippen MR) is 80.6 cm³/mol. The Hall–Kier alpha value is -1.23. The molecule has 0 fully saturated rings. The summed E-state index contributed by atoms with van der Waals surface area (Å²) in [6, 6.07) is 10.7. The number of nitrogens with zero attached hydrogens (tertiary/aromatic N) is 1. The van der Waals surface area contributed by atoms with E-state index in [-0.39, 0.29) is 0 Å². The van der Waals surface area contributed by atoms with Crippen molar-refractivity contribution in [1.82, 2.24) is 10.3 Å². The molecule has 0 saturated heterocycles. The van der Waals surface area contributed by atoms with Gasteiger partial charge in [-0.05, 0) is 13.5 Å². The average molecular weight is 276 g/mol. The van der Waals surface area contributed by atoms with Gasteiger partial charge in [0.2, 0.25) is 0 Å². The summed E-state index contributed by atoms with van der Waals surface area (Å²) in [5.41, 5.74) is 2.25. The van der Waals surface area contributed by atoms with Crippen LogP contribution in [0.4, 0.5) is 0 Å². The monoisotopic (exact) mass is 276 g/mol. The topological polar surface area (TPSA) is 34.1 Å². The molecule has 0 bridgehead atoms. The zero-order chi connectivity index (χ0) is 13.5. The summed E-state index contributed by atoms with van der Waals surface area (Å²) in [6.45, 7) is 0.780. The molecule has 3 nitrogen and oxygen atoms in total. The van der Waals surface area contributed by atoms with E-state index in [2.05, 4.69) is 22.8 Å². The van der Waals surface area contributed by atoms with E-state index < -0.39 is 0 Å². The van der Waals surface area contributed by atoms with Crippen LogP contribution in [0, 0.1) is 0 Å². The second-order valence-electron chi connectivity index (χ2n) is 4.46. The Labute approximate surface area is 118 Å². The van der Waals surface area contributed by atoms with Gasteiger partial charge in [0.05, 0.1) is 10.7 Å². The summed E-state index contributed by atoms with van der Waals surface area (Å²) in [7, 11) is 3.73. The molecule has 1 atom stereocenters. The zero-order valence-corrected chi connectivity index (χ0v) is 12.2. The zero-order valence-electron chi connectivity index (χ0n) is 11.4. The lowest BCUT2D eigenvalue weighted by molar-refractivity contribution is 0.184. The minimum absolute atomic E-state index is 0.426. The first-order chi connectivity index (χ1) is 9.33. The van der Waals surface area contributed by atoms with E-state index >= 15 is 0 Å². The molecule has 1 heterocycles. The van der Waals surface area contributed by atoms with Gasteiger partial charge in [0.1, 0.15) is 0 Å². The van der Waals surface area contributed by atoms with Crippen molar-refractivity contribution >= 4 is 11.3 Å². The number of rotatable bonds is 7. The van der Waals surface area contributed by atoms with Crippen molar-refractivity contribution in [3.05, 3.63) is 40.7 Å². The number of hydrogen-bond acceptors (Lipinski definition) is 4. The number of benzene rings is 1. The van der Waals surface area contributed by atoms with Gasteiger partial charge in [-0.25, -0.2) is 4.98 Å². The lowest BCUT2D eigenvalue weighted by Gasteiger charge is -2.13. The third kappa shape index (κ3) is 4.13. The van der Waals surface area contributed by atoms with Crippen molar-refractivity contribution in [2.75, 3.05) is 20.8 Å². The van der Waals surface area contributed by atoms with E-state index in [0.29, 0.717) is 6.04 Å². The Bertz CT molecular complexity index is 484. The molecule has 1 aromatic heterocycles. The minimum Gasteiger partial charge on any atom is -0.385 e. The smallest absolute Gasteiger partial charge is 0.0948 e. The third-order valence-corrected chi connectivity index (χ3v) is 3.99. The maximum absolute atomic E-state index is 5.13. The van der Waals surface area contributed by atoms with Crippen LogP contribution >= 0.6 is 11.3 Å². The second kappa shape index (κ2) is 7.38. The van der Waals surface area contributed by atoms with Crippen molar-refractivity contribution in [3.63, 3.8) is 0 Å². The molecular weight excluding hydrogens is 256 g/mol. The van der Waals surface area contributed by atoms with E-state index in [1.165, 1.54) is 10.6 Å².